The zero-order valence-electron chi connectivity index (χ0n) is 10.4. The minimum atomic E-state index is -3.79. The van der Waals surface area contributed by atoms with Crippen molar-refractivity contribution in [2.45, 2.75) is 37.1 Å². The van der Waals surface area contributed by atoms with Gasteiger partial charge in [-0.2, -0.15) is 0 Å². The molecule has 0 spiro atoms. The number of aromatic nitrogens is 1. The lowest BCUT2D eigenvalue weighted by molar-refractivity contribution is 0.172. The summed E-state index contributed by atoms with van der Waals surface area (Å²) in [7, 11) is -3.79. The topological polar surface area (TPSA) is 79.3 Å². The first kappa shape index (κ1) is 15.4. The van der Waals surface area contributed by atoms with Gasteiger partial charge in [0.2, 0.25) is 10.0 Å². The van der Waals surface area contributed by atoms with Crippen LogP contribution < -0.4 is 4.72 Å². The molecular weight excluding hydrogens is 276 g/mol. The van der Waals surface area contributed by atoms with Gasteiger partial charge in [-0.15, -0.1) is 0 Å². The zero-order valence-corrected chi connectivity index (χ0v) is 11.9. The number of pyridine rings is 1. The van der Waals surface area contributed by atoms with E-state index in [0.717, 1.165) is 0 Å². The molecule has 0 radical (unpaired) electrons. The van der Waals surface area contributed by atoms with E-state index < -0.39 is 15.6 Å². The normalized spacial score (nSPS) is 12.7. The van der Waals surface area contributed by atoms with Crippen molar-refractivity contribution in [3.8, 4) is 0 Å². The molecule has 0 atom stereocenters. The molecule has 1 aromatic heterocycles. The number of halogens is 1. The molecular formula is C11H17ClN2O3S. The van der Waals surface area contributed by atoms with Gasteiger partial charge in [0, 0.05) is 12.4 Å². The van der Waals surface area contributed by atoms with E-state index in [2.05, 4.69) is 9.71 Å². The standard InChI is InChI=1S/C11H17ClN2O3S/c1-3-11(4-2,8-15)14-18(16,17)10-7-13-6-5-9(10)12/h5-7,14-15H,3-4,8H2,1-2H3. The van der Waals surface area contributed by atoms with E-state index in [9.17, 15) is 13.5 Å². The van der Waals surface area contributed by atoms with E-state index in [1.807, 2.05) is 13.8 Å². The number of sulfonamides is 1. The molecule has 5 nitrogen and oxygen atoms in total. The van der Waals surface area contributed by atoms with Gasteiger partial charge < -0.3 is 5.11 Å². The van der Waals surface area contributed by atoms with Crippen molar-refractivity contribution < 1.29 is 13.5 Å². The Hall–Kier alpha value is -0.690. The third-order valence-electron chi connectivity index (χ3n) is 3.03. The number of aliphatic hydroxyl groups excluding tert-OH is 1. The lowest BCUT2D eigenvalue weighted by Gasteiger charge is -2.30. The molecule has 0 fully saturated rings. The minimum absolute atomic E-state index is 0.0774. The fraction of sp³-hybridized carbons (Fsp3) is 0.545. The van der Waals surface area contributed by atoms with Crippen molar-refractivity contribution >= 4 is 21.6 Å². The third kappa shape index (κ3) is 3.20. The average Bonchev–Trinajstić information content (AvgIpc) is 2.36. The molecule has 0 aliphatic heterocycles. The molecule has 0 aliphatic carbocycles. The van der Waals surface area contributed by atoms with Crippen molar-refractivity contribution in [2.75, 3.05) is 6.61 Å². The van der Waals surface area contributed by atoms with Crippen LogP contribution >= 0.6 is 11.6 Å². The van der Waals surface area contributed by atoms with Crippen LogP contribution in [0.1, 0.15) is 26.7 Å². The van der Waals surface area contributed by atoms with Crippen molar-refractivity contribution in [2.24, 2.45) is 0 Å². The number of hydrogen-bond donors (Lipinski definition) is 2. The Bertz CT molecular complexity index is 493. The maximum atomic E-state index is 12.2. The highest BCUT2D eigenvalue weighted by Crippen LogP contribution is 2.23. The molecule has 7 heteroatoms. The third-order valence-corrected chi connectivity index (χ3v) is 5.08. The Labute approximate surface area is 112 Å². The van der Waals surface area contributed by atoms with Crippen LogP contribution in [0.2, 0.25) is 5.02 Å². The fourth-order valence-corrected chi connectivity index (χ4v) is 3.52. The molecule has 0 aromatic carbocycles. The maximum absolute atomic E-state index is 12.2. The van der Waals surface area contributed by atoms with E-state index in [4.69, 9.17) is 11.6 Å². The monoisotopic (exact) mass is 292 g/mol. The van der Waals surface area contributed by atoms with Gasteiger partial charge in [0.25, 0.3) is 0 Å². The van der Waals surface area contributed by atoms with Crippen LogP contribution in [0, 0.1) is 0 Å². The number of aliphatic hydroxyl groups is 1. The predicted octanol–water partition coefficient (Wildman–Crippen LogP) is 1.56. The summed E-state index contributed by atoms with van der Waals surface area (Å²) in [5.41, 5.74) is -0.863. The first-order valence-electron chi connectivity index (χ1n) is 5.65. The molecule has 1 rings (SSSR count). The summed E-state index contributed by atoms with van der Waals surface area (Å²) >= 11 is 5.85. The van der Waals surface area contributed by atoms with E-state index in [-0.39, 0.29) is 16.5 Å². The van der Waals surface area contributed by atoms with Crippen LogP contribution in [-0.4, -0.2) is 30.7 Å². The number of rotatable bonds is 6. The Kier molecular flexibility index (Phi) is 5.10. The van der Waals surface area contributed by atoms with Crippen molar-refractivity contribution in [1.29, 1.82) is 0 Å². The Morgan fingerprint density at radius 2 is 2.06 bits per heavy atom. The van der Waals surface area contributed by atoms with Crippen LogP contribution in [0.25, 0.3) is 0 Å². The van der Waals surface area contributed by atoms with Crippen molar-refractivity contribution in [3.63, 3.8) is 0 Å². The number of nitrogens with zero attached hydrogens (tertiary/aromatic N) is 1. The lowest BCUT2D eigenvalue weighted by Crippen LogP contribution is -2.50. The highest BCUT2D eigenvalue weighted by atomic mass is 35.5. The summed E-state index contributed by atoms with van der Waals surface area (Å²) in [5.74, 6) is 0. The van der Waals surface area contributed by atoms with Gasteiger partial charge in [-0.1, -0.05) is 25.4 Å². The molecule has 18 heavy (non-hydrogen) atoms. The largest absolute Gasteiger partial charge is 0.394 e. The summed E-state index contributed by atoms with van der Waals surface area (Å²) in [6.07, 6.45) is 3.58. The smallest absolute Gasteiger partial charge is 0.244 e. The first-order chi connectivity index (χ1) is 8.40. The second-order valence-corrected chi connectivity index (χ2v) is 6.12. The van der Waals surface area contributed by atoms with Crippen LogP contribution in [0.3, 0.4) is 0 Å². The summed E-state index contributed by atoms with van der Waals surface area (Å²) in [6, 6.07) is 1.41. The summed E-state index contributed by atoms with van der Waals surface area (Å²) < 4.78 is 26.9. The molecule has 1 aromatic rings. The van der Waals surface area contributed by atoms with Crippen LogP contribution in [0.5, 0.6) is 0 Å². The van der Waals surface area contributed by atoms with Crippen LogP contribution in [-0.2, 0) is 10.0 Å². The second kappa shape index (κ2) is 5.97. The Balaban J connectivity index is 3.13. The number of hydrogen-bond acceptors (Lipinski definition) is 4. The summed E-state index contributed by atoms with van der Waals surface area (Å²) in [6.45, 7) is 3.36. The van der Waals surface area contributed by atoms with Gasteiger partial charge in [0.15, 0.2) is 0 Å². The van der Waals surface area contributed by atoms with Gasteiger partial charge in [0.05, 0.1) is 17.2 Å². The lowest BCUT2D eigenvalue weighted by atomic mass is 9.96. The van der Waals surface area contributed by atoms with Crippen molar-refractivity contribution in [1.82, 2.24) is 9.71 Å². The summed E-state index contributed by atoms with van der Waals surface area (Å²) in [4.78, 5) is 3.68. The molecule has 0 saturated carbocycles. The molecule has 0 unspecified atom stereocenters. The molecule has 0 bridgehead atoms. The van der Waals surface area contributed by atoms with E-state index in [0.29, 0.717) is 12.8 Å². The Morgan fingerprint density at radius 1 is 1.44 bits per heavy atom. The van der Waals surface area contributed by atoms with Crippen LogP contribution in [0.4, 0.5) is 0 Å². The highest BCUT2D eigenvalue weighted by Gasteiger charge is 2.32. The van der Waals surface area contributed by atoms with E-state index in [1.165, 1.54) is 18.5 Å². The van der Waals surface area contributed by atoms with Gasteiger partial charge in [-0.3, -0.25) is 4.98 Å². The molecule has 1 heterocycles. The molecule has 2 N–H and O–H groups in total. The van der Waals surface area contributed by atoms with Gasteiger partial charge in [-0.25, -0.2) is 13.1 Å². The predicted molar refractivity (Wildman–Crippen MR) is 70.0 cm³/mol. The average molecular weight is 293 g/mol. The maximum Gasteiger partial charge on any atom is 0.244 e. The number of nitrogens with one attached hydrogen (secondary N) is 1. The molecule has 0 aliphatic rings. The van der Waals surface area contributed by atoms with Crippen molar-refractivity contribution in [3.05, 3.63) is 23.5 Å². The van der Waals surface area contributed by atoms with Crippen LogP contribution in [0.15, 0.2) is 23.4 Å². The zero-order chi connectivity index (χ0) is 13.8. The quantitative estimate of drug-likeness (QED) is 0.834. The highest BCUT2D eigenvalue weighted by molar-refractivity contribution is 7.89. The van der Waals surface area contributed by atoms with E-state index in [1.54, 1.807) is 0 Å². The summed E-state index contributed by atoms with van der Waals surface area (Å²) in [5, 5.41) is 9.49. The molecule has 0 saturated heterocycles. The van der Waals surface area contributed by atoms with Gasteiger partial charge >= 0.3 is 0 Å². The fourth-order valence-electron chi connectivity index (χ4n) is 1.55. The van der Waals surface area contributed by atoms with Gasteiger partial charge in [0.1, 0.15) is 4.90 Å². The minimum Gasteiger partial charge on any atom is -0.394 e. The molecule has 0 amide bonds. The second-order valence-electron chi connectivity index (χ2n) is 4.06. The first-order valence-corrected chi connectivity index (χ1v) is 7.51. The van der Waals surface area contributed by atoms with E-state index >= 15 is 0 Å². The molecule has 102 valence electrons. The van der Waals surface area contributed by atoms with Gasteiger partial charge in [-0.05, 0) is 18.9 Å². The Morgan fingerprint density at radius 3 is 2.50 bits per heavy atom. The SMILES string of the molecule is CCC(CC)(CO)NS(=O)(=O)c1cnccc1Cl.